The van der Waals surface area contributed by atoms with Crippen molar-refractivity contribution in [2.24, 2.45) is 0 Å². The lowest BCUT2D eigenvalue weighted by Crippen LogP contribution is -2.15. The van der Waals surface area contributed by atoms with Gasteiger partial charge in [0.15, 0.2) is 20.6 Å². The number of rotatable bonds is 4. The number of hydrogen-bond acceptors (Lipinski definition) is 7. The van der Waals surface area contributed by atoms with Crippen molar-refractivity contribution in [3.8, 4) is 0 Å². The Labute approximate surface area is 195 Å². The lowest BCUT2D eigenvalue weighted by molar-refractivity contribution is 0.102. The molecule has 10 heteroatoms. The smallest absolute Gasteiger partial charge is 0.258 e. The van der Waals surface area contributed by atoms with Gasteiger partial charge in [0.25, 0.3) is 5.91 Å². The molecular formula is C23H23N5O3S2. The first-order valence-corrected chi connectivity index (χ1v) is 13.7. The van der Waals surface area contributed by atoms with Crippen LogP contribution in [0.15, 0.2) is 24.3 Å². The minimum atomic E-state index is -3.08. The summed E-state index contributed by atoms with van der Waals surface area (Å²) in [6.07, 6.45) is 2.60. The number of pyridine rings is 1. The van der Waals surface area contributed by atoms with Gasteiger partial charge in [-0.1, -0.05) is 23.5 Å². The molecule has 6 rings (SSSR count). The number of nitrogens with zero attached hydrogens (tertiary/aromatic N) is 4. The first-order valence-electron chi connectivity index (χ1n) is 11.1. The molecule has 1 saturated heterocycles. The van der Waals surface area contributed by atoms with Gasteiger partial charge in [-0.05, 0) is 50.8 Å². The van der Waals surface area contributed by atoms with E-state index in [4.69, 9.17) is 4.98 Å². The maximum absolute atomic E-state index is 13.5. The second kappa shape index (κ2) is 7.33. The van der Waals surface area contributed by atoms with Crippen LogP contribution in [0.2, 0.25) is 0 Å². The molecule has 1 amide bonds. The summed E-state index contributed by atoms with van der Waals surface area (Å²) >= 11 is 1.45. The van der Waals surface area contributed by atoms with Crippen LogP contribution in [0.5, 0.6) is 0 Å². The molecule has 1 aromatic carbocycles. The third-order valence-corrected chi connectivity index (χ3v) is 9.18. The number of anilines is 1. The average Bonchev–Trinajstić information content (AvgIpc) is 3.32. The average molecular weight is 482 g/mol. The van der Waals surface area contributed by atoms with E-state index in [1.807, 2.05) is 38.1 Å². The third-order valence-electron chi connectivity index (χ3n) is 6.49. The van der Waals surface area contributed by atoms with Gasteiger partial charge < -0.3 is 0 Å². The van der Waals surface area contributed by atoms with Crippen molar-refractivity contribution in [1.82, 2.24) is 19.7 Å². The first kappa shape index (κ1) is 20.7. The van der Waals surface area contributed by atoms with E-state index in [1.54, 1.807) is 4.68 Å². The van der Waals surface area contributed by atoms with Crippen molar-refractivity contribution in [3.63, 3.8) is 0 Å². The Morgan fingerprint density at radius 1 is 1.18 bits per heavy atom. The van der Waals surface area contributed by atoms with Crippen molar-refractivity contribution in [2.45, 2.75) is 45.1 Å². The minimum absolute atomic E-state index is 0.0607. The van der Waals surface area contributed by atoms with Crippen LogP contribution in [-0.2, 0) is 9.84 Å². The van der Waals surface area contributed by atoms with E-state index in [1.165, 1.54) is 11.3 Å². The van der Waals surface area contributed by atoms with Gasteiger partial charge in [0.05, 0.1) is 44.4 Å². The van der Waals surface area contributed by atoms with Crippen LogP contribution < -0.4 is 5.32 Å². The second-order valence-corrected chi connectivity index (χ2v) is 12.3. The summed E-state index contributed by atoms with van der Waals surface area (Å²) in [5.41, 5.74) is 4.62. The zero-order chi connectivity index (χ0) is 22.9. The van der Waals surface area contributed by atoms with E-state index >= 15 is 0 Å². The largest absolute Gasteiger partial charge is 0.298 e. The lowest BCUT2D eigenvalue weighted by atomic mass is 10.1. The number of aryl methyl sites for hydroxylation is 2. The quantitative estimate of drug-likeness (QED) is 0.469. The Kier molecular flexibility index (Phi) is 4.60. The van der Waals surface area contributed by atoms with Gasteiger partial charge in [-0.3, -0.25) is 10.1 Å². The molecule has 0 bridgehead atoms. The van der Waals surface area contributed by atoms with Gasteiger partial charge in [0.2, 0.25) is 0 Å². The number of fused-ring (bicyclic) bond motifs is 2. The summed E-state index contributed by atoms with van der Waals surface area (Å²) in [6.45, 7) is 3.85. The second-order valence-electron chi connectivity index (χ2n) is 9.05. The molecule has 2 fully saturated rings. The minimum Gasteiger partial charge on any atom is -0.298 e. The number of benzene rings is 1. The number of carbonyl (C=O) groups excluding carboxylic acids is 1. The summed E-state index contributed by atoms with van der Waals surface area (Å²) in [5, 5.41) is 8.86. The Morgan fingerprint density at radius 2 is 2.00 bits per heavy atom. The highest BCUT2D eigenvalue weighted by molar-refractivity contribution is 7.91. The zero-order valence-corrected chi connectivity index (χ0v) is 20.0. The molecule has 1 N–H and O–H groups in total. The summed E-state index contributed by atoms with van der Waals surface area (Å²) in [5.74, 6) is 0.306. The molecule has 33 heavy (non-hydrogen) atoms. The number of para-hydroxylation sites is 1. The summed E-state index contributed by atoms with van der Waals surface area (Å²) in [4.78, 5) is 22.9. The van der Waals surface area contributed by atoms with Crippen molar-refractivity contribution in [3.05, 3.63) is 46.8 Å². The number of amides is 1. The highest BCUT2D eigenvalue weighted by atomic mass is 32.2. The molecule has 1 aliphatic heterocycles. The molecule has 1 unspecified atom stereocenters. The normalized spacial score (nSPS) is 20.0. The molecular weight excluding hydrogens is 458 g/mol. The molecule has 1 aliphatic carbocycles. The maximum Gasteiger partial charge on any atom is 0.258 e. The van der Waals surface area contributed by atoms with Crippen molar-refractivity contribution in [1.29, 1.82) is 0 Å². The van der Waals surface area contributed by atoms with Crippen LogP contribution in [0.1, 0.15) is 58.5 Å². The van der Waals surface area contributed by atoms with Crippen molar-refractivity contribution >= 4 is 53.5 Å². The van der Waals surface area contributed by atoms with Crippen LogP contribution in [0.25, 0.3) is 21.3 Å². The molecule has 3 aromatic heterocycles. The molecule has 1 saturated carbocycles. The number of hydrogen-bond donors (Lipinski definition) is 1. The van der Waals surface area contributed by atoms with Gasteiger partial charge in [-0.2, -0.15) is 5.10 Å². The highest BCUT2D eigenvalue weighted by Crippen LogP contribution is 2.41. The van der Waals surface area contributed by atoms with Crippen LogP contribution in [-0.4, -0.2) is 45.6 Å². The Hall–Kier alpha value is -2.85. The molecule has 1 atom stereocenters. The Morgan fingerprint density at radius 3 is 2.70 bits per heavy atom. The summed E-state index contributed by atoms with van der Waals surface area (Å²) in [7, 11) is -3.08. The van der Waals surface area contributed by atoms with Gasteiger partial charge in [-0.15, -0.1) is 0 Å². The number of carbonyl (C=O) groups is 1. The van der Waals surface area contributed by atoms with Gasteiger partial charge in [-0.25, -0.2) is 23.1 Å². The van der Waals surface area contributed by atoms with E-state index in [9.17, 15) is 13.2 Å². The van der Waals surface area contributed by atoms with E-state index in [0.29, 0.717) is 39.8 Å². The standard InChI is InChI=1S/C23H23N5O3S2/c1-12-4-3-5-18-20(12)25-23(32-18)26-22(29)16-10-17(14-6-7-14)24-21-19(16)13(2)27-28(21)15-8-9-33(30,31)11-15/h3-5,10,14-15H,6-9,11H2,1-2H3,(H,25,26,29). The van der Waals surface area contributed by atoms with E-state index in [0.717, 1.165) is 34.3 Å². The summed E-state index contributed by atoms with van der Waals surface area (Å²) < 4.78 is 26.9. The monoisotopic (exact) mass is 481 g/mol. The van der Waals surface area contributed by atoms with Gasteiger partial charge in [0, 0.05) is 11.6 Å². The number of nitrogens with one attached hydrogen (secondary N) is 1. The molecule has 0 radical (unpaired) electrons. The van der Waals surface area contributed by atoms with Gasteiger partial charge in [0.1, 0.15) is 0 Å². The zero-order valence-electron chi connectivity index (χ0n) is 18.3. The Bertz CT molecular complexity index is 1550. The van der Waals surface area contributed by atoms with E-state index in [2.05, 4.69) is 15.4 Å². The molecule has 8 nitrogen and oxygen atoms in total. The molecule has 4 heterocycles. The highest BCUT2D eigenvalue weighted by Gasteiger charge is 2.34. The molecule has 170 valence electrons. The maximum atomic E-state index is 13.5. The molecule has 0 spiro atoms. The SMILES string of the molecule is Cc1cccc2sc(NC(=O)c3cc(C4CC4)nc4c3c(C)nn4C3CCS(=O)(=O)C3)nc12. The Balaban J connectivity index is 1.44. The number of thiazole rings is 1. The van der Waals surface area contributed by atoms with Crippen LogP contribution in [0, 0.1) is 13.8 Å². The fourth-order valence-electron chi connectivity index (χ4n) is 4.63. The van der Waals surface area contributed by atoms with Crippen LogP contribution in [0.3, 0.4) is 0 Å². The van der Waals surface area contributed by atoms with E-state index in [-0.39, 0.29) is 23.5 Å². The first-order chi connectivity index (χ1) is 15.8. The van der Waals surface area contributed by atoms with Crippen LogP contribution >= 0.6 is 11.3 Å². The van der Waals surface area contributed by atoms with Gasteiger partial charge >= 0.3 is 0 Å². The number of aromatic nitrogens is 4. The fourth-order valence-corrected chi connectivity index (χ4v) is 7.26. The predicted molar refractivity (Wildman–Crippen MR) is 129 cm³/mol. The summed E-state index contributed by atoms with van der Waals surface area (Å²) in [6, 6.07) is 7.60. The molecule has 2 aliphatic rings. The van der Waals surface area contributed by atoms with Crippen LogP contribution in [0.4, 0.5) is 5.13 Å². The number of sulfone groups is 1. The topological polar surface area (TPSA) is 107 Å². The predicted octanol–water partition coefficient (Wildman–Crippen LogP) is 4.15. The molecule has 4 aromatic rings. The fraction of sp³-hybridized carbons (Fsp3) is 0.391. The van der Waals surface area contributed by atoms with Crippen molar-refractivity contribution < 1.29 is 13.2 Å². The lowest BCUT2D eigenvalue weighted by Gasteiger charge is -2.11. The third kappa shape index (κ3) is 3.61. The van der Waals surface area contributed by atoms with E-state index < -0.39 is 9.84 Å². The van der Waals surface area contributed by atoms with Crippen molar-refractivity contribution in [2.75, 3.05) is 16.8 Å².